The van der Waals surface area contributed by atoms with E-state index in [0.29, 0.717) is 39.2 Å². The summed E-state index contributed by atoms with van der Waals surface area (Å²) >= 11 is 5.47. The molecule has 0 bridgehead atoms. The highest BCUT2D eigenvalue weighted by atomic mass is 79.9. The summed E-state index contributed by atoms with van der Waals surface area (Å²) in [6, 6.07) is 18.5. The van der Waals surface area contributed by atoms with Crippen LogP contribution in [0.2, 0.25) is 0 Å². The zero-order chi connectivity index (χ0) is 31.1. The maximum atomic E-state index is 14.1. The van der Waals surface area contributed by atoms with Gasteiger partial charge in [0.15, 0.2) is 11.5 Å². The lowest BCUT2D eigenvalue weighted by Crippen LogP contribution is -2.33. The number of hydrogen-bond acceptors (Lipinski definition) is 9. The molecular formula is C31H26BrN3O7S2. The quantitative estimate of drug-likeness (QED) is 0.240. The van der Waals surface area contributed by atoms with E-state index in [4.69, 9.17) is 9.47 Å². The summed E-state index contributed by atoms with van der Waals surface area (Å²) in [7, 11) is 1.55. The van der Waals surface area contributed by atoms with Gasteiger partial charge in [0.1, 0.15) is 17.5 Å². The first-order valence-corrected chi connectivity index (χ1v) is 16.1. The SMILES string of the molecule is CCOc1cc([C@@H]2c3sc(=O)n(CC(=O)Nc4ccc(OC)cc4)c3S[C@@H]3C(=O)N(c4ccc(Br)cc4)C(=O)[C@H]23)ccc1O. The highest BCUT2D eigenvalue weighted by Crippen LogP contribution is 2.54. The molecule has 10 nitrogen and oxygen atoms in total. The van der Waals surface area contributed by atoms with E-state index >= 15 is 0 Å². The third kappa shape index (κ3) is 5.39. The van der Waals surface area contributed by atoms with E-state index in [9.17, 15) is 24.3 Å². The van der Waals surface area contributed by atoms with Gasteiger partial charge in [0, 0.05) is 21.0 Å². The molecule has 2 N–H and O–H groups in total. The highest BCUT2D eigenvalue weighted by molar-refractivity contribution is 9.10. The smallest absolute Gasteiger partial charge is 0.308 e. The molecule has 0 saturated carbocycles. The number of benzene rings is 3. The van der Waals surface area contributed by atoms with E-state index in [1.54, 1.807) is 74.7 Å². The van der Waals surface area contributed by atoms with Gasteiger partial charge in [-0.25, -0.2) is 4.90 Å². The Bertz CT molecular complexity index is 1820. The molecule has 6 rings (SSSR count). The fraction of sp³-hybridized carbons (Fsp3) is 0.226. The number of aromatic nitrogens is 1. The molecule has 13 heteroatoms. The van der Waals surface area contributed by atoms with Crippen molar-refractivity contribution < 1.29 is 29.0 Å². The number of hydrogen-bond donors (Lipinski definition) is 2. The van der Waals surface area contributed by atoms with Gasteiger partial charge in [0.2, 0.25) is 17.7 Å². The van der Waals surface area contributed by atoms with Crippen molar-refractivity contribution in [3.05, 3.63) is 91.3 Å². The van der Waals surface area contributed by atoms with Crippen LogP contribution in [0.1, 0.15) is 23.3 Å². The Morgan fingerprint density at radius 3 is 2.43 bits per heavy atom. The largest absolute Gasteiger partial charge is 0.504 e. The Morgan fingerprint density at radius 2 is 1.75 bits per heavy atom. The van der Waals surface area contributed by atoms with E-state index in [2.05, 4.69) is 21.2 Å². The first kappa shape index (κ1) is 30.0. The number of nitrogens with one attached hydrogen (secondary N) is 1. The van der Waals surface area contributed by atoms with Crippen LogP contribution in [0.4, 0.5) is 11.4 Å². The number of rotatable bonds is 8. The molecule has 0 unspecified atom stereocenters. The number of carbonyl (C=O) groups excluding carboxylic acids is 3. The molecule has 3 amide bonds. The normalized spacial score (nSPS) is 19.0. The number of carbonyl (C=O) groups is 3. The number of anilines is 2. The average molecular weight is 697 g/mol. The number of phenols is 1. The molecule has 2 aliphatic rings. The predicted octanol–water partition coefficient (Wildman–Crippen LogP) is 5.22. The Hall–Kier alpha value is -4.07. The van der Waals surface area contributed by atoms with E-state index in [-0.39, 0.29) is 28.8 Å². The molecule has 0 aliphatic carbocycles. The van der Waals surface area contributed by atoms with E-state index < -0.39 is 28.9 Å². The number of fused-ring (bicyclic) bond motifs is 2. The van der Waals surface area contributed by atoms with Crippen molar-refractivity contribution in [2.75, 3.05) is 23.9 Å². The Labute approximate surface area is 268 Å². The Morgan fingerprint density at radius 1 is 1.02 bits per heavy atom. The molecule has 1 fully saturated rings. The second kappa shape index (κ2) is 12.1. The molecule has 3 aromatic carbocycles. The van der Waals surface area contributed by atoms with Crippen LogP contribution < -0.4 is 24.6 Å². The second-order valence-electron chi connectivity index (χ2n) is 10.1. The number of aromatic hydroxyl groups is 1. The van der Waals surface area contributed by atoms with Crippen LogP contribution in [-0.4, -0.2) is 46.4 Å². The lowest BCUT2D eigenvalue weighted by molar-refractivity contribution is -0.122. The molecule has 3 atom stereocenters. The lowest BCUT2D eigenvalue weighted by atomic mass is 9.83. The molecule has 4 aromatic rings. The molecule has 0 spiro atoms. The number of amides is 3. The van der Waals surface area contributed by atoms with Crippen LogP contribution in [-0.2, 0) is 20.9 Å². The monoisotopic (exact) mass is 695 g/mol. The zero-order valence-corrected chi connectivity index (χ0v) is 26.7. The van der Waals surface area contributed by atoms with E-state index in [1.807, 2.05) is 0 Å². The van der Waals surface area contributed by atoms with E-state index in [0.717, 1.165) is 27.6 Å². The van der Waals surface area contributed by atoms with Crippen molar-refractivity contribution in [3.63, 3.8) is 0 Å². The van der Waals surface area contributed by atoms with Gasteiger partial charge in [-0.2, -0.15) is 0 Å². The first-order valence-electron chi connectivity index (χ1n) is 13.6. The van der Waals surface area contributed by atoms with Gasteiger partial charge < -0.3 is 19.9 Å². The minimum absolute atomic E-state index is 0.0659. The topological polar surface area (TPSA) is 127 Å². The molecule has 44 heavy (non-hydrogen) atoms. The molecule has 1 saturated heterocycles. The van der Waals surface area contributed by atoms with Crippen molar-refractivity contribution in [1.82, 2.24) is 4.57 Å². The molecular weight excluding hydrogens is 670 g/mol. The summed E-state index contributed by atoms with van der Waals surface area (Å²) in [6.45, 7) is 1.80. The summed E-state index contributed by atoms with van der Waals surface area (Å²) in [5, 5.41) is 12.8. The summed E-state index contributed by atoms with van der Waals surface area (Å²) in [5.41, 5.74) is 1.59. The van der Waals surface area contributed by atoms with Crippen molar-refractivity contribution in [1.29, 1.82) is 0 Å². The van der Waals surface area contributed by atoms with Crippen LogP contribution in [0.25, 0.3) is 0 Å². The molecule has 0 radical (unpaired) electrons. The molecule has 3 heterocycles. The molecule has 1 aromatic heterocycles. The number of thiazole rings is 1. The van der Waals surface area contributed by atoms with Crippen LogP contribution in [0.15, 0.2) is 81.0 Å². The van der Waals surface area contributed by atoms with Gasteiger partial charge in [-0.05, 0) is 73.2 Å². The van der Waals surface area contributed by atoms with Crippen molar-refractivity contribution in [3.8, 4) is 17.2 Å². The van der Waals surface area contributed by atoms with Crippen LogP contribution in [0.5, 0.6) is 17.2 Å². The van der Waals surface area contributed by atoms with Gasteiger partial charge in [-0.15, -0.1) is 0 Å². The van der Waals surface area contributed by atoms with Crippen LogP contribution in [0.3, 0.4) is 0 Å². The van der Waals surface area contributed by atoms with Crippen molar-refractivity contribution in [2.45, 2.75) is 29.7 Å². The third-order valence-corrected chi connectivity index (χ3v) is 10.6. The number of nitrogens with zero attached hydrogens (tertiary/aromatic N) is 2. The number of phenolic OH excluding ortho intramolecular Hbond substituents is 1. The number of imide groups is 1. The summed E-state index contributed by atoms with van der Waals surface area (Å²) < 4.78 is 12.9. The predicted molar refractivity (Wildman–Crippen MR) is 171 cm³/mol. The number of methoxy groups -OCH3 is 1. The maximum absolute atomic E-state index is 14.1. The first-order chi connectivity index (χ1) is 21.2. The fourth-order valence-electron chi connectivity index (χ4n) is 5.47. The number of thioether (sulfide) groups is 1. The highest BCUT2D eigenvalue weighted by Gasteiger charge is 2.57. The minimum atomic E-state index is -0.849. The number of ether oxygens (including phenoxy) is 2. The molecule has 226 valence electrons. The van der Waals surface area contributed by atoms with Gasteiger partial charge in [0.25, 0.3) is 0 Å². The minimum Gasteiger partial charge on any atom is -0.504 e. The lowest BCUT2D eigenvalue weighted by Gasteiger charge is -2.31. The van der Waals surface area contributed by atoms with Gasteiger partial charge in [-0.1, -0.05) is 45.1 Å². The number of halogens is 1. The second-order valence-corrected chi connectivity index (χ2v) is 13.1. The average Bonchev–Trinajstić information content (AvgIpc) is 3.45. The van der Waals surface area contributed by atoms with Crippen molar-refractivity contribution in [2.24, 2.45) is 5.92 Å². The van der Waals surface area contributed by atoms with Gasteiger partial charge >= 0.3 is 4.87 Å². The standard InChI is InChI=1S/C31H26BrN3O7S2/c1-3-42-22-14-16(4-13-21(22)36)24-25-26(29(39)35(28(25)38)19-9-5-17(32)6-10-19)43-30-27(24)44-31(40)34(30)15-23(37)33-18-7-11-20(41-2)12-8-18/h4-14,24-26,36H,3,15H2,1-2H3,(H,33,37)/t24-,25+,26-/m0/s1. The van der Waals surface area contributed by atoms with Gasteiger partial charge in [0.05, 0.1) is 30.3 Å². The van der Waals surface area contributed by atoms with Gasteiger partial charge in [-0.3, -0.25) is 23.7 Å². The fourth-order valence-corrected chi connectivity index (χ4v) is 8.51. The third-order valence-electron chi connectivity index (χ3n) is 7.45. The Balaban J connectivity index is 1.41. The summed E-state index contributed by atoms with van der Waals surface area (Å²) in [6.07, 6.45) is 0. The molecule has 2 aliphatic heterocycles. The summed E-state index contributed by atoms with van der Waals surface area (Å²) in [5.74, 6) is -1.94. The summed E-state index contributed by atoms with van der Waals surface area (Å²) in [4.78, 5) is 55.9. The zero-order valence-electron chi connectivity index (χ0n) is 23.5. The van der Waals surface area contributed by atoms with Crippen molar-refractivity contribution >= 4 is 68.1 Å². The maximum Gasteiger partial charge on any atom is 0.308 e. The van der Waals surface area contributed by atoms with Crippen LogP contribution >= 0.6 is 39.0 Å². The van der Waals surface area contributed by atoms with E-state index in [1.165, 1.54) is 15.5 Å². The Kier molecular flexibility index (Phi) is 8.27. The van der Waals surface area contributed by atoms with Crippen LogP contribution in [0, 0.1) is 5.92 Å².